The molecule has 4 heteroatoms. The number of ether oxygens (including phenoxy) is 1. The molecule has 0 aliphatic rings. The van der Waals surface area contributed by atoms with Crippen molar-refractivity contribution in [3.63, 3.8) is 0 Å². The first-order chi connectivity index (χ1) is 8.84. The van der Waals surface area contributed by atoms with Crippen LogP contribution in [0.4, 0.5) is 0 Å². The van der Waals surface area contributed by atoms with Crippen LogP contribution in [0, 0.1) is 6.92 Å². The van der Waals surface area contributed by atoms with Crippen LogP contribution in [0.3, 0.4) is 0 Å². The van der Waals surface area contributed by atoms with E-state index in [2.05, 4.69) is 42.5 Å². The van der Waals surface area contributed by atoms with Crippen LogP contribution in [-0.4, -0.2) is 22.3 Å². The van der Waals surface area contributed by atoms with Gasteiger partial charge in [0.2, 0.25) is 0 Å². The smallest absolute Gasteiger partial charge is 0.127 e. The number of rotatable bonds is 4. The summed E-state index contributed by atoms with van der Waals surface area (Å²) in [6, 6.07) is 6.27. The second-order valence-electron chi connectivity index (χ2n) is 5.63. The van der Waals surface area contributed by atoms with E-state index in [9.17, 15) is 0 Å². The lowest BCUT2D eigenvalue weighted by atomic mass is 10.1. The van der Waals surface area contributed by atoms with E-state index in [1.165, 1.54) is 5.56 Å². The molecule has 19 heavy (non-hydrogen) atoms. The number of nitrogens with zero attached hydrogens (tertiary/aromatic N) is 2. The third-order valence-electron chi connectivity index (χ3n) is 3.38. The zero-order valence-electron chi connectivity index (χ0n) is 12.2. The second-order valence-corrected chi connectivity index (χ2v) is 6.28. The number of halogens is 1. The number of aromatic nitrogens is 2. The van der Waals surface area contributed by atoms with Crippen molar-refractivity contribution < 1.29 is 4.74 Å². The second kappa shape index (κ2) is 5.14. The molecule has 1 aromatic heterocycles. The minimum absolute atomic E-state index is 0.125. The van der Waals surface area contributed by atoms with Gasteiger partial charge in [-0.3, -0.25) is 0 Å². The Morgan fingerprint density at radius 2 is 2.11 bits per heavy atom. The Morgan fingerprint density at radius 3 is 2.68 bits per heavy atom. The van der Waals surface area contributed by atoms with Crippen LogP contribution in [0.2, 0.25) is 0 Å². The van der Waals surface area contributed by atoms with Crippen molar-refractivity contribution >= 4 is 22.6 Å². The Kier molecular flexibility index (Phi) is 3.88. The largest absolute Gasteiger partial charge is 0.377 e. The maximum absolute atomic E-state index is 6.27. The van der Waals surface area contributed by atoms with Gasteiger partial charge in [-0.15, -0.1) is 11.6 Å². The summed E-state index contributed by atoms with van der Waals surface area (Å²) in [5.41, 5.74) is 3.07. The zero-order valence-corrected chi connectivity index (χ0v) is 13.0. The third kappa shape index (κ3) is 2.93. The molecule has 0 radical (unpaired) electrons. The summed E-state index contributed by atoms with van der Waals surface area (Å²) in [6.07, 6.45) is 0. The topological polar surface area (TPSA) is 27.1 Å². The molecule has 1 unspecified atom stereocenters. The van der Waals surface area contributed by atoms with Gasteiger partial charge in [-0.2, -0.15) is 0 Å². The average molecular weight is 281 g/mol. The highest BCUT2D eigenvalue weighted by molar-refractivity contribution is 6.20. The fourth-order valence-electron chi connectivity index (χ4n) is 2.17. The molecular weight excluding hydrogens is 260 g/mol. The standard InChI is InChI=1S/C15H21ClN2O/c1-10-6-7-12-13(8-10)18(9-15(3,4)19-5)14(17-12)11(2)16/h6-8,11H,9H2,1-5H3. The van der Waals surface area contributed by atoms with Gasteiger partial charge in [-0.25, -0.2) is 4.98 Å². The van der Waals surface area contributed by atoms with Gasteiger partial charge in [0.15, 0.2) is 0 Å². The van der Waals surface area contributed by atoms with Crippen molar-refractivity contribution in [1.82, 2.24) is 9.55 Å². The number of aryl methyl sites for hydroxylation is 1. The summed E-state index contributed by atoms with van der Waals surface area (Å²) >= 11 is 6.27. The van der Waals surface area contributed by atoms with Gasteiger partial charge >= 0.3 is 0 Å². The summed E-state index contributed by atoms with van der Waals surface area (Å²) in [6.45, 7) is 8.90. The maximum atomic E-state index is 6.27. The molecule has 2 aromatic rings. The number of hydrogen-bond acceptors (Lipinski definition) is 2. The molecule has 0 spiro atoms. The highest BCUT2D eigenvalue weighted by Crippen LogP contribution is 2.27. The van der Waals surface area contributed by atoms with Gasteiger partial charge in [0, 0.05) is 7.11 Å². The molecule has 2 rings (SSSR count). The first kappa shape index (κ1) is 14.4. The van der Waals surface area contributed by atoms with Crippen LogP contribution in [0.5, 0.6) is 0 Å². The highest BCUT2D eigenvalue weighted by atomic mass is 35.5. The Labute approximate surface area is 119 Å². The molecule has 0 saturated carbocycles. The van der Waals surface area contributed by atoms with Gasteiger partial charge < -0.3 is 9.30 Å². The van der Waals surface area contributed by atoms with Gasteiger partial charge in [0.25, 0.3) is 0 Å². The molecule has 0 amide bonds. The Morgan fingerprint density at radius 1 is 1.42 bits per heavy atom. The van der Waals surface area contributed by atoms with E-state index in [-0.39, 0.29) is 11.0 Å². The number of methoxy groups -OCH3 is 1. The predicted molar refractivity (Wildman–Crippen MR) is 79.8 cm³/mol. The van der Waals surface area contributed by atoms with Crippen molar-refractivity contribution in [2.24, 2.45) is 0 Å². The number of benzene rings is 1. The lowest BCUT2D eigenvalue weighted by molar-refractivity contribution is 0.00842. The number of fused-ring (bicyclic) bond motifs is 1. The van der Waals surface area contributed by atoms with E-state index in [0.717, 1.165) is 23.4 Å². The predicted octanol–water partition coefficient (Wildman–Crippen LogP) is 4.07. The lowest BCUT2D eigenvalue weighted by Gasteiger charge is -2.25. The van der Waals surface area contributed by atoms with E-state index in [1.54, 1.807) is 7.11 Å². The van der Waals surface area contributed by atoms with Gasteiger partial charge in [-0.1, -0.05) is 6.07 Å². The fourth-order valence-corrected chi connectivity index (χ4v) is 2.33. The molecule has 0 saturated heterocycles. The Hall–Kier alpha value is -1.06. The summed E-state index contributed by atoms with van der Waals surface area (Å²) < 4.78 is 7.70. The minimum Gasteiger partial charge on any atom is -0.377 e. The molecular formula is C15H21ClN2O. The molecule has 0 aliphatic heterocycles. The fraction of sp³-hybridized carbons (Fsp3) is 0.533. The molecule has 3 nitrogen and oxygen atoms in total. The minimum atomic E-state index is -0.252. The summed E-state index contributed by atoms with van der Waals surface area (Å²) in [7, 11) is 1.73. The van der Waals surface area contributed by atoms with E-state index in [0.29, 0.717) is 0 Å². The van der Waals surface area contributed by atoms with Crippen LogP contribution in [0.15, 0.2) is 18.2 Å². The molecule has 0 aliphatic carbocycles. The van der Waals surface area contributed by atoms with Gasteiger partial charge in [0.1, 0.15) is 5.82 Å². The first-order valence-electron chi connectivity index (χ1n) is 6.50. The number of alkyl halides is 1. The molecule has 1 atom stereocenters. The van der Waals surface area contributed by atoms with E-state index < -0.39 is 0 Å². The van der Waals surface area contributed by atoms with Crippen LogP contribution in [0.1, 0.15) is 37.5 Å². The Balaban J connectivity index is 2.60. The van der Waals surface area contributed by atoms with Crippen molar-refractivity contribution in [1.29, 1.82) is 0 Å². The molecule has 0 fully saturated rings. The normalized spacial score (nSPS) is 14.0. The van der Waals surface area contributed by atoms with Gasteiger partial charge in [-0.05, 0) is 45.4 Å². The van der Waals surface area contributed by atoms with Crippen molar-refractivity contribution in [3.8, 4) is 0 Å². The molecule has 0 bridgehead atoms. The van der Waals surface area contributed by atoms with E-state index >= 15 is 0 Å². The molecule has 1 heterocycles. The summed E-state index contributed by atoms with van der Waals surface area (Å²) in [5.74, 6) is 0.896. The average Bonchev–Trinajstić information content (AvgIpc) is 2.67. The van der Waals surface area contributed by atoms with Crippen molar-refractivity contribution in [2.75, 3.05) is 7.11 Å². The van der Waals surface area contributed by atoms with E-state index in [1.807, 2.05) is 13.0 Å². The van der Waals surface area contributed by atoms with Crippen molar-refractivity contribution in [3.05, 3.63) is 29.6 Å². The summed E-state index contributed by atoms with van der Waals surface area (Å²) in [4.78, 5) is 4.65. The molecule has 104 valence electrons. The van der Waals surface area contributed by atoms with Gasteiger partial charge in [0.05, 0.1) is 28.6 Å². The molecule has 1 aromatic carbocycles. The number of hydrogen-bond donors (Lipinski definition) is 0. The van der Waals surface area contributed by atoms with Crippen LogP contribution in [-0.2, 0) is 11.3 Å². The quantitative estimate of drug-likeness (QED) is 0.790. The molecule has 0 N–H and O–H groups in total. The van der Waals surface area contributed by atoms with Crippen molar-refractivity contribution in [2.45, 2.75) is 45.2 Å². The van der Waals surface area contributed by atoms with Crippen LogP contribution in [0.25, 0.3) is 11.0 Å². The third-order valence-corrected chi connectivity index (χ3v) is 3.58. The summed E-state index contributed by atoms with van der Waals surface area (Å²) in [5, 5.41) is -0.125. The highest BCUT2D eigenvalue weighted by Gasteiger charge is 2.23. The van der Waals surface area contributed by atoms with E-state index in [4.69, 9.17) is 16.3 Å². The van der Waals surface area contributed by atoms with Crippen LogP contribution >= 0.6 is 11.6 Å². The Bertz CT molecular complexity index is 587. The maximum Gasteiger partial charge on any atom is 0.127 e. The lowest BCUT2D eigenvalue weighted by Crippen LogP contribution is -2.30. The first-order valence-corrected chi connectivity index (χ1v) is 6.94. The monoisotopic (exact) mass is 280 g/mol. The zero-order chi connectivity index (χ0) is 14.2. The SMILES string of the molecule is COC(C)(C)Cn1c(C(C)Cl)nc2ccc(C)cc21. The number of imidazole rings is 1. The van der Waals surface area contributed by atoms with Crippen LogP contribution < -0.4 is 0 Å².